The third-order valence-corrected chi connectivity index (χ3v) is 4.66. The van der Waals surface area contributed by atoms with Gasteiger partial charge in [-0.25, -0.2) is 4.79 Å². The molecule has 0 aliphatic carbocycles. The van der Waals surface area contributed by atoms with E-state index < -0.39 is 0 Å². The lowest BCUT2D eigenvalue weighted by atomic mass is 9.99. The summed E-state index contributed by atoms with van der Waals surface area (Å²) in [6.07, 6.45) is 1.50. The third kappa shape index (κ3) is 5.58. The van der Waals surface area contributed by atoms with E-state index in [1.807, 2.05) is 32.0 Å². The number of ketones is 1. The molecular formula is C20H28N2O4. The van der Waals surface area contributed by atoms with E-state index in [2.05, 4.69) is 5.32 Å². The SMILES string of the molecule is CCOC(=O)N1CCC(NC(=O)CCC(=O)c2cc(C)ccc2C)CC1. The number of carbonyl (C=O) groups is 3. The first kappa shape index (κ1) is 19.9. The second-order valence-electron chi connectivity index (χ2n) is 6.77. The van der Waals surface area contributed by atoms with Gasteiger partial charge < -0.3 is 15.0 Å². The number of amides is 2. The zero-order valence-electron chi connectivity index (χ0n) is 15.8. The number of piperidine rings is 1. The Bertz CT molecular complexity index is 664. The number of benzene rings is 1. The van der Waals surface area contributed by atoms with Crippen LogP contribution in [-0.2, 0) is 9.53 Å². The summed E-state index contributed by atoms with van der Waals surface area (Å²) in [4.78, 5) is 37.8. The van der Waals surface area contributed by atoms with Gasteiger partial charge in [-0.15, -0.1) is 0 Å². The van der Waals surface area contributed by atoms with E-state index in [9.17, 15) is 14.4 Å². The van der Waals surface area contributed by atoms with Crippen molar-refractivity contribution in [3.63, 3.8) is 0 Å². The van der Waals surface area contributed by atoms with Crippen molar-refractivity contribution < 1.29 is 19.1 Å². The molecule has 1 aromatic rings. The van der Waals surface area contributed by atoms with Crippen molar-refractivity contribution in [3.8, 4) is 0 Å². The van der Waals surface area contributed by atoms with E-state index in [0.29, 0.717) is 38.1 Å². The molecule has 0 radical (unpaired) electrons. The molecule has 0 spiro atoms. The van der Waals surface area contributed by atoms with Crippen LogP contribution >= 0.6 is 0 Å². The summed E-state index contributed by atoms with van der Waals surface area (Å²) >= 11 is 0. The molecule has 0 saturated carbocycles. The van der Waals surface area contributed by atoms with Crippen LogP contribution in [0.1, 0.15) is 54.1 Å². The maximum absolute atomic E-state index is 12.4. The summed E-state index contributed by atoms with van der Waals surface area (Å²) in [5, 5.41) is 2.97. The maximum Gasteiger partial charge on any atom is 0.409 e. The molecule has 1 aliphatic rings. The van der Waals surface area contributed by atoms with Crippen molar-refractivity contribution in [2.45, 2.75) is 52.5 Å². The number of ether oxygens (including phenoxy) is 1. The van der Waals surface area contributed by atoms with E-state index in [4.69, 9.17) is 4.74 Å². The summed E-state index contributed by atoms with van der Waals surface area (Å²) < 4.78 is 4.98. The number of aryl methyl sites for hydroxylation is 2. The molecule has 6 heteroatoms. The van der Waals surface area contributed by atoms with E-state index in [-0.39, 0.29) is 36.7 Å². The number of likely N-dealkylation sites (tertiary alicyclic amines) is 1. The summed E-state index contributed by atoms with van der Waals surface area (Å²) in [5.74, 6) is -0.114. The Morgan fingerprint density at radius 2 is 1.85 bits per heavy atom. The zero-order chi connectivity index (χ0) is 19.1. The van der Waals surface area contributed by atoms with Gasteiger partial charge in [0.05, 0.1) is 6.61 Å². The fourth-order valence-corrected chi connectivity index (χ4v) is 3.12. The minimum absolute atomic E-state index is 0.00141. The van der Waals surface area contributed by atoms with Crippen molar-refractivity contribution in [2.24, 2.45) is 0 Å². The summed E-state index contributed by atoms with van der Waals surface area (Å²) in [5.41, 5.74) is 2.67. The third-order valence-electron chi connectivity index (χ3n) is 4.66. The first-order valence-corrected chi connectivity index (χ1v) is 9.22. The molecule has 0 atom stereocenters. The van der Waals surface area contributed by atoms with Crippen LogP contribution in [0.3, 0.4) is 0 Å². The van der Waals surface area contributed by atoms with E-state index in [0.717, 1.165) is 11.1 Å². The van der Waals surface area contributed by atoms with Gasteiger partial charge in [0.25, 0.3) is 0 Å². The number of hydrogen-bond acceptors (Lipinski definition) is 4. The van der Waals surface area contributed by atoms with Gasteiger partial charge in [-0.2, -0.15) is 0 Å². The fraction of sp³-hybridized carbons (Fsp3) is 0.550. The van der Waals surface area contributed by atoms with Crippen molar-refractivity contribution >= 4 is 17.8 Å². The molecule has 1 aliphatic heterocycles. The highest BCUT2D eigenvalue weighted by Crippen LogP contribution is 2.15. The van der Waals surface area contributed by atoms with E-state index in [1.54, 1.807) is 11.8 Å². The van der Waals surface area contributed by atoms with E-state index >= 15 is 0 Å². The van der Waals surface area contributed by atoms with Crippen LogP contribution in [0.5, 0.6) is 0 Å². The van der Waals surface area contributed by atoms with Gasteiger partial charge in [0.15, 0.2) is 5.78 Å². The molecule has 1 fully saturated rings. The number of rotatable bonds is 6. The molecule has 142 valence electrons. The van der Waals surface area contributed by atoms with E-state index in [1.165, 1.54) is 0 Å². The van der Waals surface area contributed by atoms with Gasteiger partial charge in [-0.1, -0.05) is 17.7 Å². The van der Waals surface area contributed by atoms with Crippen LogP contribution in [0.15, 0.2) is 18.2 Å². The van der Waals surface area contributed by atoms with Gasteiger partial charge >= 0.3 is 6.09 Å². The Hall–Kier alpha value is -2.37. The molecular weight excluding hydrogens is 332 g/mol. The predicted molar refractivity (Wildman–Crippen MR) is 99.2 cm³/mol. The quantitative estimate of drug-likeness (QED) is 0.791. The lowest BCUT2D eigenvalue weighted by Crippen LogP contribution is -2.46. The smallest absolute Gasteiger partial charge is 0.409 e. The highest BCUT2D eigenvalue weighted by atomic mass is 16.6. The summed E-state index contributed by atoms with van der Waals surface area (Å²) in [7, 11) is 0. The van der Waals surface area contributed by atoms with Crippen molar-refractivity contribution in [3.05, 3.63) is 34.9 Å². The molecule has 0 bridgehead atoms. The molecule has 0 unspecified atom stereocenters. The first-order valence-electron chi connectivity index (χ1n) is 9.22. The van der Waals surface area contributed by atoms with Crippen LogP contribution in [0, 0.1) is 13.8 Å². The Balaban J connectivity index is 1.75. The van der Waals surface area contributed by atoms with Crippen molar-refractivity contribution in [2.75, 3.05) is 19.7 Å². The molecule has 6 nitrogen and oxygen atoms in total. The second-order valence-corrected chi connectivity index (χ2v) is 6.77. The Morgan fingerprint density at radius 1 is 1.15 bits per heavy atom. The van der Waals surface area contributed by atoms with Crippen LogP contribution in [0.2, 0.25) is 0 Å². The Labute approximate surface area is 154 Å². The Kier molecular flexibility index (Phi) is 7.18. The molecule has 2 rings (SSSR count). The van der Waals surface area contributed by atoms with Crippen molar-refractivity contribution in [1.29, 1.82) is 0 Å². The van der Waals surface area contributed by atoms with Crippen LogP contribution in [0.4, 0.5) is 4.79 Å². The number of Topliss-reactive ketones (excluding diaryl/α,β-unsaturated/α-hetero) is 1. The minimum atomic E-state index is -0.295. The van der Waals surface area contributed by atoms with Crippen LogP contribution in [0.25, 0.3) is 0 Å². The van der Waals surface area contributed by atoms with Gasteiger partial charge in [0, 0.05) is 37.5 Å². The van der Waals surface area contributed by atoms with Gasteiger partial charge in [0.1, 0.15) is 0 Å². The first-order chi connectivity index (χ1) is 12.4. The summed E-state index contributed by atoms with van der Waals surface area (Å²) in [6.45, 7) is 7.15. The highest BCUT2D eigenvalue weighted by Gasteiger charge is 2.24. The normalized spacial score (nSPS) is 14.8. The number of nitrogens with zero attached hydrogens (tertiary/aromatic N) is 1. The summed E-state index contributed by atoms with van der Waals surface area (Å²) in [6, 6.07) is 5.83. The number of nitrogens with one attached hydrogen (secondary N) is 1. The average Bonchev–Trinajstić information content (AvgIpc) is 2.62. The second kappa shape index (κ2) is 9.36. The lowest BCUT2D eigenvalue weighted by Gasteiger charge is -2.31. The van der Waals surface area contributed by atoms with Gasteiger partial charge in [-0.3, -0.25) is 9.59 Å². The zero-order valence-corrected chi connectivity index (χ0v) is 15.8. The molecule has 2 amide bonds. The lowest BCUT2D eigenvalue weighted by molar-refractivity contribution is -0.122. The number of carbonyl (C=O) groups excluding carboxylic acids is 3. The molecule has 0 aromatic heterocycles. The fourth-order valence-electron chi connectivity index (χ4n) is 3.12. The van der Waals surface area contributed by atoms with Gasteiger partial charge in [0.2, 0.25) is 5.91 Å². The number of hydrogen-bond donors (Lipinski definition) is 1. The van der Waals surface area contributed by atoms with Gasteiger partial charge in [-0.05, 0) is 45.2 Å². The monoisotopic (exact) mass is 360 g/mol. The largest absolute Gasteiger partial charge is 0.450 e. The predicted octanol–water partition coefficient (Wildman–Crippen LogP) is 3.00. The van der Waals surface area contributed by atoms with Crippen LogP contribution in [-0.4, -0.2) is 48.4 Å². The van der Waals surface area contributed by atoms with Crippen molar-refractivity contribution in [1.82, 2.24) is 10.2 Å². The van der Waals surface area contributed by atoms with Crippen LogP contribution < -0.4 is 5.32 Å². The molecule has 1 N–H and O–H groups in total. The maximum atomic E-state index is 12.4. The molecule has 1 saturated heterocycles. The topological polar surface area (TPSA) is 75.7 Å². The average molecular weight is 360 g/mol. The molecule has 26 heavy (non-hydrogen) atoms. The molecule has 1 heterocycles. The minimum Gasteiger partial charge on any atom is -0.450 e. The Morgan fingerprint density at radius 3 is 2.50 bits per heavy atom. The highest BCUT2D eigenvalue weighted by molar-refractivity contribution is 5.99. The molecule has 1 aromatic carbocycles. The standard InChI is InChI=1S/C20H28N2O4/c1-4-26-20(25)22-11-9-16(10-12-22)21-19(24)8-7-18(23)17-13-14(2)5-6-15(17)3/h5-6,13,16H,4,7-12H2,1-3H3,(H,21,24).